The van der Waals surface area contributed by atoms with E-state index in [1.165, 1.54) is 4.31 Å². The highest BCUT2D eigenvalue weighted by molar-refractivity contribution is 9.09. The van der Waals surface area contributed by atoms with Gasteiger partial charge in [-0.05, 0) is 26.7 Å². The Morgan fingerprint density at radius 1 is 1.37 bits per heavy atom. The zero-order valence-electron chi connectivity index (χ0n) is 11.8. The van der Waals surface area contributed by atoms with E-state index < -0.39 is 10.0 Å². The normalized spacial score (nSPS) is 12.3. The highest BCUT2D eigenvalue weighted by atomic mass is 79.9. The Morgan fingerprint density at radius 2 is 2.05 bits per heavy atom. The molecule has 0 atom stereocenters. The van der Waals surface area contributed by atoms with Crippen LogP contribution in [-0.2, 0) is 16.6 Å². The number of halogens is 1. The SMILES string of the molecule is CCn1cc(S(=O)(=O)N(C)CCCCCBr)nc1C. The first-order chi connectivity index (χ1) is 8.93. The van der Waals surface area contributed by atoms with Crippen molar-refractivity contribution in [3.8, 4) is 0 Å². The van der Waals surface area contributed by atoms with E-state index in [2.05, 4.69) is 20.9 Å². The van der Waals surface area contributed by atoms with Gasteiger partial charge in [-0.3, -0.25) is 0 Å². The quantitative estimate of drug-likeness (QED) is 0.533. The van der Waals surface area contributed by atoms with Crippen LogP contribution in [0.25, 0.3) is 0 Å². The van der Waals surface area contributed by atoms with Crippen molar-refractivity contribution in [2.45, 2.75) is 44.7 Å². The summed E-state index contributed by atoms with van der Waals surface area (Å²) in [6.07, 6.45) is 4.57. The van der Waals surface area contributed by atoms with E-state index in [1.807, 2.05) is 18.4 Å². The second-order valence-corrected chi connectivity index (χ2v) is 7.27. The number of aromatic nitrogens is 2. The topological polar surface area (TPSA) is 55.2 Å². The second kappa shape index (κ2) is 7.40. The number of hydrogen-bond acceptors (Lipinski definition) is 3. The number of unbranched alkanes of at least 4 members (excludes halogenated alkanes) is 2. The predicted octanol–water partition coefficient (Wildman–Crippen LogP) is 2.40. The van der Waals surface area contributed by atoms with Gasteiger partial charge in [0.2, 0.25) is 0 Å². The number of alkyl halides is 1. The van der Waals surface area contributed by atoms with E-state index in [4.69, 9.17) is 0 Å². The van der Waals surface area contributed by atoms with Crippen LogP contribution in [0.4, 0.5) is 0 Å². The number of aryl methyl sites for hydroxylation is 2. The van der Waals surface area contributed by atoms with Gasteiger partial charge in [0, 0.05) is 31.7 Å². The fourth-order valence-electron chi connectivity index (χ4n) is 1.81. The minimum absolute atomic E-state index is 0.148. The van der Waals surface area contributed by atoms with Crippen molar-refractivity contribution in [2.24, 2.45) is 0 Å². The van der Waals surface area contributed by atoms with Gasteiger partial charge in [-0.2, -0.15) is 4.31 Å². The summed E-state index contributed by atoms with van der Waals surface area (Å²) in [5, 5.41) is 1.11. The Kier molecular flexibility index (Phi) is 6.49. The summed E-state index contributed by atoms with van der Waals surface area (Å²) in [7, 11) is -1.83. The maximum absolute atomic E-state index is 12.3. The lowest BCUT2D eigenvalue weighted by atomic mass is 10.2. The summed E-state index contributed by atoms with van der Waals surface area (Å²) in [4.78, 5) is 4.14. The molecule has 0 aliphatic rings. The van der Waals surface area contributed by atoms with Crippen molar-refractivity contribution in [1.29, 1.82) is 0 Å². The van der Waals surface area contributed by atoms with Gasteiger partial charge in [-0.15, -0.1) is 0 Å². The number of hydrogen-bond donors (Lipinski definition) is 0. The monoisotopic (exact) mass is 351 g/mol. The van der Waals surface area contributed by atoms with E-state index in [9.17, 15) is 8.42 Å². The Bertz CT molecular complexity index is 499. The van der Waals surface area contributed by atoms with Gasteiger partial charge in [-0.25, -0.2) is 13.4 Å². The highest BCUT2D eigenvalue weighted by Crippen LogP contribution is 2.14. The number of nitrogens with zero attached hydrogens (tertiary/aromatic N) is 3. The zero-order chi connectivity index (χ0) is 14.5. The number of sulfonamides is 1. The van der Waals surface area contributed by atoms with Gasteiger partial charge in [0.1, 0.15) is 5.82 Å². The third-order valence-electron chi connectivity index (χ3n) is 3.08. The van der Waals surface area contributed by atoms with Gasteiger partial charge in [0.25, 0.3) is 10.0 Å². The molecule has 0 N–H and O–H groups in total. The first-order valence-corrected chi connectivity index (χ1v) is 9.05. The maximum Gasteiger partial charge on any atom is 0.261 e. The minimum Gasteiger partial charge on any atom is -0.334 e. The van der Waals surface area contributed by atoms with E-state index in [0.717, 1.165) is 37.0 Å². The lowest BCUT2D eigenvalue weighted by Crippen LogP contribution is -2.28. The van der Waals surface area contributed by atoms with Crippen molar-refractivity contribution < 1.29 is 8.42 Å². The molecule has 1 heterocycles. The summed E-state index contributed by atoms with van der Waals surface area (Å²) >= 11 is 3.37. The van der Waals surface area contributed by atoms with Crippen LogP contribution in [0.2, 0.25) is 0 Å². The molecule has 0 unspecified atom stereocenters. The average Bonchev–Trinajstić information content (AvgIpc) is 2.76. The van der Waals surface area contributed by atoms with Gasteiger partial charge in [0.15, 0.2) is 5.03 Å². The lowest BCUT2D eigenvalue weighted by molar-refractivity contribution is 0.452. The Balaban J connectivity index is 2.73. The van der Waals surface area contributed by atoms with Crippen LogP contribution in [0.15, 0.2) is 11.2 Å². The largest absolute Gasteiger partial charge is 0.334 e. The Morgan fingerprint density at radius 3 is 2.58 bits per heavy atom. The maximum atomic E-state index is 12.3. The fraction of sp³-hybridized carbons (Fsp3) is 0.750. The zero-order valence-corrected chi connectivity index (χ0v) is 14.2. The molecule has 0 aromatic carbocycles. The number of imidazole rings is 1. The second-order valence-electron chi connectivity index (χ2n) is 4.49. The summed E-state index contributed by atoms with van der Waals surface area (Å²) in [5.41, 5.74) is 0. The predicted molar refractivity (Wildman–Crippen MR) is 80.1 cm³/mol. The van der Waals surface area contributed by atoms with Crippen molar-refractivity contribution in [1.82, 2.24) is 13.9 Å². The summed E-state index contributed by atoms with van der Waals surface area (Å²) in [5.74, 6) is 0.730. The molecule has 0 saturated heterocycles. The van der Waals surface area contributed by atoms with E-state index in [-0.39, 0.29) is 5.03 Å². The first kappa shape index (κ1) is 16.7. The van der Waals surface area contributed by atoms with Crippen LogP contribution >= 0.6 is 15.9 Å². The Labute approximate surface area is 124 Å². The van der Waals surface area contributed by atoms with Crippen LogP contribution in [0.1, 0.15) is 32.0 Å². The molecule has 1 aromatic heterocycles. The molecule has 1 rings (SSSR count). The van der Waals surface area contributed by atoms with Gasteiger partial charge in [-0.1, -0.05) is 22.4 Å². The van der Waals surface area contributed by atoms with Crippen LogP contribution in [0, 0.1) is 6.92 Å². The standard InChI is InChI=1S/C12H22BrN3O2S/c1-4-16-10-12(14-11(16)2)19(17,18)15(3)9-7-5-6-8-13/h10H,4-9H2,1-3H3. The molecular formula is C12H22BrN3O2S. The Hall–Kier alpha value is -0.400. The molecule has 0 spiro atoms. The molecule has 0 fully saturated rings. The minimum atomic E-state index is -3.45. The fourth-order valence-corrected chi connectivity index (χ4v) is 3.40. The molecule has 1 aromatic rings. The third-order valence-corrected chi connectivity index (χ3v) is 5.37. The molecule has 19 heavy (non-hydrogen) atoms. The van der Waals surface area contributed by atoms with Crippen molar-refractivity contribution in [2.75, 3.05) is 18.9 Å². The van der Waals surface area contributed by atoms with Crippen LogP contribution in [0.3, 0.4) is 0 Å². The summed E-state index contributed by atoms with van der Waals surface area (Å²) in [6, 6.07) is 0. The van der Waals surface area contributed by atoms with E-state index >= 15 is 0 Å². The van der Waals surface area contributed by atoms with E-state index in [1.54, 1.807) is 13.2 Å². The molecule has 110 valence electrons. The van der Waals surface area contributed by atoms with Crippen molar-refractivity contribution in [3.05, 3.63) is 12.0 Å². The molecular weight excluding hydrogens is 330 g/mol. The molecule has 7 heteroatoms. The molecule has 0 radical (unpaired) electrons. The highest BCUT2D eigenvalue weighted by Gasteiger charge is 2.23. The smallest absolute Gasteiger partial charge is 0.261 e. The number of rotatable bonds is 8. The molecule has 0 aliphatic carbocycles. The van der Waals surface area contributed by atoms with Gasteiger partial charge < -0.3 is 4.57 Å². The summed E-state index contributed by atoms with van der Waals surface area (Å²) in [6.45, 7) is 5.05. The average molecular weight is 352 g/mol. The van der Waals surface area contributed by atoms with Crippen LogP contribution in [-0.4, -0.2) is 41.2 Å². The molecule has 0 amide bonds. The summed E-state index contributed by atoms with van der Waals surface area (Å²) < 4.78 is 27.9. The molecule has 0 aliphatic heterocycles. The first-order valence-electron chi connectivity index (χ1n) is 6.49. The third kappa shape index (κ3) is 4.29. The van der Waals surface area contributed by atoms with Crippen molar-refractivity contribution >= 4 is 26.0 Å². The molecule has 5 nitrogen and oxygen atoms in total. The molecule has 0 saturated carbocycles. The van der Waals surface area contributed by atoms with Crippen molar-refractivity contribution in [3.63, 3.8) is 0 Å². The van der Waals surface area contributed by atoms with Crippen LogP contribution < -0.4 is 0 Å². The molecule has 0 bridgehead atoms. The van der Waals surface area contributed by atoms with Gasteiger partial charge >= 0.3 is 0 Å². The van der Waals surface area contributed by atoms with E-state index in [0.29, 0.717) is 6.54 Å². The van der Waals surface area contributed by atoms with Gasteiger partial charge in [0.05, 0.1) is 0 Å². The lowest BCUT2D eigenvalue weighted by Gasteiger charge is -2.15. The van der Waals surface area contributed by atoms with Crippen LogP contribution in [0.5, 0.6) is 0 Å².